The number of carboxylic acid groups (broad SMARTS) is 1. The first kappa shape index (κ1) is 40.0. The average Bonchev–Trinajstić information content (AvgIpc) is 3.30. The summed E-state index contributed by atoms with van der Waals surface area (Å²) >= 11 is 0. The SMILES string of the molecule is CCCCC[C@H]1CC[C@@]23CC[C@]45[C@H]6[C@@H](CC[C@H](C[C@]17[C@@H]1C[C@](C)(C(=O)O)CC[C@]1(C)CC[C@@]72C)[C@@]63C)C[C@](O)(O[C@@H]4Cc1ccc(CCOC)cc1)[C@@H]5CCC. The number of fused-ring (bicyclic) bond motifs is 2. The Kier molecular flexibility index (Phi) is 9.67. The fourth-order valence-corrected chi connectivity index (χ4v) is 19.0. The molecule has 15 atom stereocenters. The zero-order chi connectivity index (χ0) is 39.6. The third kappa shape index (κ3) is 4.98. The largest absolute Gasteiger partial charge is 0.481 e. The van der Waals surface area contributed by atoms with Crippen LogP contribution >= 0.6 is 0 Å². The highest BCUT2D eigenvalue weighted by molar-refractivity contribution is 5.74. The van der Waals surface area contributed by atoms with Gasteiger partial charge in [0.25, 0.3) is 0 Å². The van der Waals surface area contributed by atoms with E-state index in [9.17, 15) is 15.0 Å². The molecule has 0 amide bonds. The highest BCUT2D eigenvalue weighted by atomic mass is 16.6. The van der Waals surface area contributed by atoms with Crippen molar-refractivity contribution in [2.24, 2.45) is 73.4 Å². The quantitative estimate of drug-likeness (QED) is 0.207. The van der Waals surface area contributed by atoms with Crippen LogP contribution in [-0.2, 0) is 27.1 Å². The number of aliphatic hydroxyl groups is 1. The van der Waals surface area contributed by atoms with Crippen LogP contribution in [0.1, 0.15) is 175 Å². The van der Waals surface area contributed by atoms with E-state index in [1.807, 2.05) is 0 Å². The molecule has 1 aromatic rings. The minimum atomic E-state index is -1.02. The third-order valence-corrected chi connectivity index (χ3v) is 21.3. The predicted molar refractivity (Wildman–Crippen MR) is 223 cm³/mol. The summed E-state index contributed by atoms with van der Waals surface area (Å²) in [7, 11) is 1.78. The molecule has 7 aliphatic carbocycles. The minimum Gasteiger partial charge on any atom is -0.481 e. The van der Waals surface area contributed by atoms with Gasteiger partial charge in [0.15, 0.2) is 5.79 Å². The van der Waals surface area contributed by atoms with Gasteiger partial charge in [-0.1, -0.05) is 84.6 Å². The van der Waals surface area contributed by atoms with Crippen LogP contribution in [-0.4, -0.2) is 41.8 Å². The lowest BCUT2D eigenvalue weighted by Crippen LogP contribution is -2.80. The van der Waals surface area contributed by atoms with E-state index >= 15 is 0 Å². The van der Waals surface area contributed by atoms with Gasteiger partial charge >= 0.3 is 5.97 Å². The first-order chi connectivity index (χ1) is 26.7. The van der Waals surface area contributed by atoms with Crippen molar-refractivity contribution in [3.05, 3.63) is 35.4 Å². The molecule has 2 N–H and O–H groups in total. The zero-order valence-corrected chi connectivity index (χ0v) is 36.5. The Labute approximate surface area is 340 Å². The highest BCUT2D eigenvalue weighted by Crippen LogP contribution is 2.91. The molecule has 7 saturated carbocycles. The number of carboxylic acids is 1. The van der Waals surface area contributed by atoms with Gasteiger partial charge in [-0.3, -0.25) is 4.79 Å². The van der Waals surface area contributed by atoms with Crippen molar-refractivity contribution in [3.8, 4) is 0 Å². The molecule has 1 aliphatic heterocycles. The number of hydrogen-bond acceptors (Lipinski definition) is 4. The smallest absolute Gasteiger partial charge is 0.309 e. The standard InChI is InChI=1S/C51H78O5/c1-8-10-11-13-37-20-22-48-27-28-49-39(12-9-2)51(54,56-41(49)30-35-16-14-34(15-17-35)21-29-55-7)31-36-18-19-38(47(48,6)42(36)49)32-50(37)40-33-45(4,43(52)53)24-23-44(40,3)25-26-46(48,50)5/h14-17,36-42,54H,8-13,18-33H2,1-7H3,(H,52,53)/t36-,37-,38+,39+,40+,41+,42-,44+,45+,46+,47-,48+,49+,50+,51-/m0/s1. The van der Waals surface area contributed by atoms with Crippen molar-refractivity contribution in [3.63, 3.8) is 0 Å². The van der Waals surface area contributed by atoms with E-state index in [1.165, 1.54) is 94.6 Å². The van der Waals surface area contributed by atoms with Crippen molar-refractivity contribution < 1.29 is 24.5 Å². The summed E-state index contributed by atoms with van der Waals surface area (Å²) in [5.74, 6) is 1.50. The summed E-state index contributed by atoms with van der Waals surface area (Å²) in [4.78, 5) is 13.2. The number of rotatable bonds is 12. The molecule has 312 valence electrons. The Morgan fingerprint density at radius 2 is 1.59 bits per heavy atom. The molecule has 2 spiro atoms. The molecule has 1 heterocycles. The van der Waals surface area contributed by atoms with E-state index in [1.54, 1.807) is 7.11 Å². The molecule has 9 rings (SSSR count). The molecule has 8 fully saturated rings. The second-order valence-electron chi connectivity index (χ2n) is 22.8. The van der Waals surface area contributed by atoms with Gasteiger partial charge in [-0.05, 0) is 177 Å². The van der Waals surface area contributed by atoms with Crippen LogP contribution in [0.3, 0.4) is 0 Å². The van der Waals surface area contributed by atoms with Crippen LogP contribution in [0.5, 0.6) is 0 Å². The maximum atomic E-state index is 13.2. The number of benzene rings is 1. The zero-order valence-electron chi connectivity index (χ0n) is 36.5. The summed E-state index contributed by atoms with van der Waals surface area (Å²) in [6.45, 7) is 15.9. The summed E-state index contributed by atoms with van der Waals surface area (Å²) in [5, 5.41) is 23.7. The molecule has 0 unspecified atom stereocenters. The van der Waals surface area contributed by atoms with Gasteiger partial charge in [-0.2, -0.15) is 0 Å². The lowest BCUT2D eigenvalue weighted by atomic mass is 9.18. The fourth-order valence-electron chi connectivity index (χ4n) is 19.0. The molecule has 56 heavy (non-hydrogen) atoms. The lowest BCUT2D eigenvalue weighted by Gasteiger charge is -2.86. The average molecular weight is 771 g/mol. The van der Waals surface area contributed by atoms with E-state index in [0.29, 0.717) is 29.6 Å². The molecular weight excluding hydrogens is 693 g/mol. The monoisotopic (exact) mass is 771 g/mol. The molecule has 4 bridgehead atoms. The van der Waals surface area contributed by atoms with Crippen molar-refractivity contribution >= 4 is 5.97 Å². The van der Waals surface area contributed by atoms with Crippen LogP contribution in [0.15, 0.2) is 24.3 Å². The van der Waals surface area contributed by atoms with Crippen molar-refractivity contribution in [2.75, 3.05) is 13.7 Å². The first-order valence-electron chi connectivity index (χ1n) is 23.9. The fraction of sp³-hybridized carbons (Fsp3) is 0.863. The Hall–Kier alpha value is -1.43. The molecular formula is C51H78O5. The molecule has 1 aromatic carbocycles. The third-order valence-electron chi connectivity index (χ3n) is 21.3. The molecule has 5 nitrogen and oxygen atoms in total. The molecule has 8 aliphatic rings. The van der Waals surface area contributed by atoms with Gasteiger partial charge in [0.1, 0.15) is 0 Å². The van der Waals surface area contributed by atoms with Crippen LogP contribution in [0.4, 0.5) is 0 Å². The summed E-state index contributed by atoms with van der Waals surface area (Å²) in [5.41, 5.74) is 3.05. The second kappa shape index (κ2) is 13.5. The number of hydrogen-bond donors (Lipinski definition) is 2. The van der Waals surface area contributed by atoms with E-state index < -0.39 is 17.2 Å². The normalized spacial score (nSPS) is 51.1. The van der Waals surface area contributed by atoms with E-state index in [-0.39, 0.29) is 44.5 Å². The van der Waals surface area contributed by atoms with Crippen molar-refractivity contribution in [1.29, 1.82) is 0 Å². The predicted octanol–water partition coefficient (Wildman–Crippen LogP) is 11.8. The van der Waals surface area contributed by atoms with Gasteiger partial charge in [-0.15, -0.1) is 0 Å². The Morgan fingerprint density at radius 3 is 2.30 bits per heavy atom. The van der Waals surface area contributed by atoms with Gasteiger partial charge in [0.05, 0.1) is 18.1 Å². The van der Waals surface area contributed by atoms with Gasteiger partial charge in [-0.25, -0.2) is 0 Å². The minimum absolute atomic E-state index is 0.0225. The molecule has 0 radical (unpaired) electrons. The highest BCUT2D eigenvalue weighted by Gasteiger charge is 2.86. The number of aliphatic carboxylic acids is 1. The molecule has 0 aromatic heterocycles. The van der Waals surface area contributed by atoms with Crippen LogP contribution in [0.25, 0.3) is 0 Å². The Balaban J connectivity index is 1.18. The topological polar surface area (TPSA) is 76.0 Å². The Morgan fingerprint density at radius 1 is 0.839 bits per heavy atom. The van der Waals surface area contributed by atoms with Crippen molar-refractivity contribution in [1.82, 2.24) is 0 Å². The van der Waals surface area contributed by atoms with Crippen molar-refractivity contribution in [2.45, 2.75) is 188 Å². The summed E-state index contributed by atoms with van der Waals surface area (Å²) in [6, 6.07) is 9.26. The van der Waals surface area contributed by atoms with E-state index in [4.69, 9.17) is 9.47 Å². The number of ether oxygens (including phenoxy) is 2. The number of carbonyl (C=O) groups is 1. The molecule has 1 saturated heterocycles. The maximum Gasteiger partial charge on any atom is 0.309 e. The van der Waals surface area contributed by atoms with Gasteiger partial charge in [0.2, 0.25) is 0 Å². The summed E-state index contributed by atoms with van der Waals surface area (Å²) < 4.78 is 12.7. The van der Waals surface area contributed by atoms with Gasteiger partial charge < -0.3 is 19.7 Å². The van der Waals surface area contributed by atoms with Crippen LogP contribution in [0.2, 0.25) is 0 Å². The van der Waals surface area contributed by atoms with E-state index in [2.05, 4.69) is 65.8 Å². The first-order valence-corrected chi connectivity index (χ1v) is 23.9. The second-order valence-corrected chi connectivity index (χ2v) is 22.8. The Bertz CT molecular complexity index is 1660. The molecule has 5 heteroatoms. The van der Waals surface area contributed by atoms with E-state index in [0.717, 1.165) is 58.0 Å². The van der Waals surface area contributed by atoms with Gasteiger partial charge in [0, 0.05) is 24.9 Å². The van der Waals surface area contributed by atoms with Crippen LogP contribution in [0, 0.1) is 73.4 Å². The number of unbranched alkanes of at least 4 members (excludes halogenated alkanes) is 2. The maximum absolute atomic E-state index is 13.2. The van der Waals surface area contributed by atoms with Crippen LogP contribution < -0.4 is 0 Å². The lowest BCUT2D eigenvalue weighted by molar-refractivity contribution is -0.382. The summed E-state index contributed by atoms with van der Waals surface area (Å²) in [6.07, 6.45) is 24.3. The number of methoxy groups -OCH3 is 1.